The molecule has 1 aliphatic heterocycles. The van der Waals surface area contributed by atoms with Crippen molar-refractivity contribution < 1.29 is 18.0 Å². The van der Waals surface area contributed by atoms with Crippen LogP contribution >= 0.6 is 11.3 Å². The molecule has 1 saturated carbocycles. The van der Waals surface area contributed by atoms with Crippen LogP contribution < -0.4 is 15.5 Å². The maximum Gasteiger partial charge on any atom is 0.418 e. The number of benzene rings is 1. The van der Waals surface area contributed by atoms with Crippen LogP contribution in [-0.2, 0) is 6.18 Å². The lowest BCUT2D eigenvalue weighted by Gasteiger charge is -2.36. The molecule has 39 heavy (non-hydrogen) atoms. The summed E-state index contributed by atoms with van der Waals surface area (Å²) in [6.07, 6.45) is 3.41. The minimum atomic E-state index is -4.53. The molecule has 1 aromatic carbocycles. The van der Waals surface area contributed by atoms with E-state index < -0.39 is 17.6 Å². The highest BCUT2D eigenvalue weighted by atomic mass is 32.1. The van der Waals surface area contributed by atoms with Gasteiger partial charge in [-0.25, -0.2) is 4.98 Å². The molecule has 1 atom stereocenters. The number of piperidine rings is 1. The summed E-state index contributed by atoms with van der Waals surface area (Å²) >= 11 is 1.29. The summed E-state index contributed by atoms with van der Waals surface area (Å²) in [5, 5.41) is 16.1. The zero-order valence-corrected chi connectivity index (χ0v) is 22.1. The van der Waals surface area contributed by atoms with Crippen LogP contribution in [0.25, 0.3) is 21.5 Å². The first-order valence-electron chi connectivity index (χ1n) is 13.0. The van der Waals surface area contributed by atoms with Gasteiger partial charge >= 0.3 is 6.18 Å². The van der Waals surface area contributed by atoms with Crippen molar-refractivity contribution in [3.8, 4) is 10.6 Å². The van der Waals surface area contributed by atoms with Crippen LogP contribution in [0.15, 0.2) is 42.2 Å². The number of amides is 1. The van der Waals surface area contributed by atoms with Crippen molar-refractivity contribution in [2.45, 2.75) is 37.9 Å². The molecule has 3 aromatic heterocycles. The smallest absolute Gasteiger partial charge is 0.369 e. The van der Waals surface area contributed by atoms with Crippen molar-refractivity contribution in [1.29, 1.82) is 0 Å². The molecule has 12 heteroatoms. The molecule has 204 valence electrons. The van der Waals surface area contributed by atoms with Crippen LogP contribution in [0.1, 0.15) is 47.8 Å². The van der Waals surface area contributed by atoms with E-state index >= 15 is 0 Å². The summed E-state index contributed by atoms with van der Waals surface area (Å²) < 4.78 is 45.1. The molecule has 2 aliphatic rings. The van der Waals surface area contributed by atoms with Gasteiger partial charge in [-0.1, -0.05) is 0 Å². The normalized spacial score (nSPS) is 18.1. The number of nitrogens with one attached hydrogen (secondary N) is 2. The predicted molar refractivity (Wildman–Crippen MR) is 145 cm³/mol. The van der Waals surface area contributed by atoms with E-state index in [1.165, 1.54) is 17.5 Å². The van der Waals surface area contributed by atoms with E-state index in [2.05, 4.69) is 25.8 Å². The van der Waals surface area contributed by atoms with Crippen molar-refractivity contribution in [2.75, 3.05) is 36.9 Å². The number of hydrogen-bond acceptors (Lipinski definition) is 7. The van der Waals surface area contributed by atoms with Gasteiger partial charge in [0.05, 0.1) is 34.8 Å². The molecule has 0 spiro atoms. The molecule has 8 nitrogen and oxygen atoms in total. The van der Waals surface area contributed by atoms with E-state index in [0.717, 1.165) is 37.8 Å². The number of thiazole rings is 1. The van der Waals surface area contributed by atoms with Gasteiger partial charge in [0.1, 0.15) is 10.7 Å². The van der Waals surface area contributed by atoms with E-state index in [4.69, 9.17) is 0 Å². The van der Waals surface area contributed by atoms with Crippen LogP contribution in [-0.4, -0.2) is 52.3 Å². The minimum Gasteiger partial charge on any atom is -0.369 e. The lowest BCUT2D eigenvalue weighted by Crippen LogP contribution is -2.39. The lowest BCUT2D eigenvalue weighted by molar-refractivity contribution is -0.136. The first kappa shape index (κ1) is 25.8. The molecular formula is C27H28F3N7OS. The van der Waals surface area contributed by atoms with E-state index in [9.17, 15) is 18.0 Å². The number of hydrogen-bond donors (Lipinski definition) is 2. The molecule has 6 rings (SSSR count). The molecular weight excluding hydrogens is 527 g/mol. The second kappa shape index (κ2) is 10.2. The Bertz CT molecular complexity index is 1490. The van der Waals surface area contributed by atoms with Crippen LogP contribution in [0.5, 0.6) is 0 Å². The van der Waals surface area contributed by atoms with E-state index in [1.807, 2.05) is 11.9 Å². The third kappa shape index (κ3) is 5.10. The Hall–Kier alpha value is -3.51. The molecule has 4 aromatic rings. The molecule has 2 fully saturated rings. The van der Waals surface area contributed by atoms with Gasteiger partial charge < -0.3 is 20.1 Å². The standard InChI is InChI=1S/C27H28F3N7OS/c1-31-11-16-3-2-10-36(13-16)24-20(34-25(38)21-15-39-26(35-21)17-8-9-32-33-12-17)6-7-22-23(24)19(27(28,29)30)14-37(22)18-4-5-18/h6-9,12,14-16,18,31H,2-5,10-11,13H2,1H3,(H,34,38)/t16-/m0/s1. The molecule has 0 unspecified atom stereocenters. The fourth-order valence-electron chi connectivity index (χ4n) is 5.47. The van der Waals surface area contributed by atoms with Gasteiger partial charge in [0.2, 0.25) is 0 Å². The first-order chi connectivity index (χ1) is 18.8. The molecule has 0 radical (unpaired) electrons. The average Bonchev–Trinajstić information content (AvgIpc) is 3.49. The van der Waals surface area contributed by atoms with Crippen molar-refractivity contribution in [2.24, 2.45) is 5.92 Å². The van der Waals surface area contributed by atoms with E-state index in [-0.39, 0.29) is 23.0 Å². The molecule has 1 amide bonds. The van der Waals surface area contributed by atoms with Crippen molar-refractivity contribution >= 4 is 39.5 Å². The number of carbonyl (C=O) groups is 1. The summed E-state index contributed by atoms with van der Waals surface area (Å²) in [6, 6.07) is 5.26. The third-order valence-electron chi connectivity index (χ3n) is 7.36. The second-order valence-corrected chi connectivity index (χ2v) is 11.0. The lowest BCUT2D eigenvalue weighted by atomic mass is 9.96. The van der Waals surface area contributed by atoms with Gasteiger partial charge in [0.25, 0.3) is 5.91 Å². The summed E-state index contributed by atoms with van der Waals surface area (Å²) in [4.78, 5) is 19.8. The molecule has 4 heterocycles. The summed E-state index contributed by atoms with van der Waals surface area (Å²) in [7, 11) is 1.88. The predicted octanol–water partition coefficient (Wildman–Crippen LogP) is 5.60. The van der Waals surface area contributed by atoms with Gasteiger partial charge in [0.15, 0.2) is 0 Å². The van der Waals surface area contributed by atoms with Crippen LogP contribution in [0.2, 0.25) is 0 Å². The molecule has 2 N–H and O–H groups in total. The third-order valence-corrected chi connectivity index (χ3v) is 8.25. The Morgan fingerprint density at radius 2 is 2.03 bits per heavy atom. The van der Waals surface area contributed by atoms with Crippen LogP contribution in [0.3, 0.4) is 0 Å². The second-order valence-electron chi connectivity index (χ2n) is 10.2. The Kier molecular flexibility index (Phi) is 6.76. The fourth-order valence-corrected chi connectivity index (χ4v) is 6.26. The molecule has 1 saturated heterocycles. The topological polar surface area (TPSA) is 88.0 Å². The summed E-state index contributed by atoms with van der Waals surface area (Å²) in [5.74, 6) is -0.184. The zero-order chi connectivity index (χ0) is 27.1. The highest BCUT2D eigenvalue weighted by molar-refractivity contribution is 7.13. The number of carbonyl (C=O) groups excluding carboxylic acids is 1. The van der Waals surface area contributed by atoms with Gasteiger partial charge in [0, 0.05) is 41.7 Å². The van der Waals surface area contributed by atoms with Crippen LogP contribution in [0.4, 0.5) is 24.5 Å². The summed E-state index contributed by atoms with van der Waals surface area (Å²) in [5.41, 5.74) is 1.61. The van der Waals surface area contributed by atoms with Crippen molar-refractivity contribution in [3.63, 3.8) is 0 Å². The number of anilines is 2. The highest BCUT2D eigenvalue weighted by Gasteiger charge is 2.39. The van der Waals surface area contributed by atoms with Gasteiger partial charge in [-0.2, -0.15) is 23.4 Å². The fraction of sp³-hybridized carbons (Fsp3) is 0.407. The summed E-state index contributed by atoms with van der Waals surface area (Å²) in [6.45, 7) is 1.99. The Morgan fingerprint density at radius 1 is 1.18 bits per heavy atom. The van der Waals surface area contributed by atoms with E-state index in [0.29, 0.717) is 35.0 Å². The van der Waals surface area contributed by atoms with Crippen LogP contribution in [0, 0.1) is 5.92 Å². The number of aromatic nitrogens is 4. The average molecular weight is 556 g/mol. The Balaban J connectivity index is 1.43. The first-order valence-corrected chi connectivity index (χ1v) is 13.9. The van der Waals surface area contributed by atoms with Crippen molar-refractivity contribution in [1.82, 2.24) is 25.1 Å². The number of rotatable bonds is 7. The highest BCUT2D eigenvalue weighted by Crippen LogP contribution is 2.48. The van der Waals surface area contributed by atoms with Gasteiger partial charge in [-0.15, -0.1) is 11.3 Å². The van der Waals surface area contributed by atoms with Gasteiger partial charge in [-0.05, 0) is 63.4 Å². The maximum absolute atomic E-state index is 14.4. The molecule has 0 bridgehead atoms. The van der Waals surface area contributed by atoms with Crippen molar-refractivity contribution in [3.05, 3.63) is 53.4 Å². The quantitative estimate of drug-likeness (QED) is 0.309. The number of nitrogens with zero attached hydrogens (tertiary/aromatic N) is 5. The minimum absolute atomic E-state index is 0.0754. The SMILES string of the molecule is CNC[C@@H]1CCCN(c2c(NC(=O)c3csc(-c4ccnnc4)n3)ccc3c2c(C(F)(F)F)cn3C2CC2)C1. The number of fused-ring (bicyclic) bond motifs is 1. The van der Waals surface area contributed by atoms with Gasteiger partial charge in [-0.3, -0.25) is 4.79 Å². The Labute approximate surface area is 227 Å². The molecule has 1 aliphatic carbocycles. The maximum atomic E-state index is 14.4. The zero-order valence-electron chi connectivity index (χ0n) is 21.3. The number of alkyl halides is 3. The van der Waals surface area contributed by atoms with E-state index in [1.54, 1.807) is 40.5 Å². The number of halogens is 3. The Morgan fingerprint density at radius 3 is 2.74 bits per heavy atom. The largest absolute Gasteiger partial charge is 0.418 e. The monoisotopic (exact) mass is 555 g/mol.